The first kappa shape index (κ1) is 14.1. The third-order valence-electron chi connectivity index (χ3n) is 5.40. The highest BCUT2D eigenvalue weighted by Gasteiger charge is 2.52. The summed E-state index contributed by atoms with van der Waals surface area (Å²) in [7, 11) is 0. The molecule has 1 heteroatoms. The van der Waals surface area contributed by atoms with Gasteiger partial charge in [0.2, 0.25) is 0 Å². The number of nitrogens with one attached hydrogen (secondary N) is 1. The van der Waals surface area contributed by atoms with Crippen molar-refractivity contribution in [3.05, 3.63) is 35.9 Å². The summed E-state index contributed by atoms with van der Waals surface area (Å²) >= 11 is 0. The Labute approximate surface area is 124 Å². The van der Waals surface area contributed by atoms with Gasteiger partial charge in [-0.05, 0) is 74.3 Å². The Kier molecular flexibility index (Phi) is 4.45. The summed E-state index contributed by atoms with van der Waals surface area (Å²) in [5, 5.41) is 3.71. The van der Waals surface area contributed by atoms with Gasteiger partial charge in [-0.1, -0.05) is 37.3 Å². The molecule has 1 nitrogen and oxygen atoms in total. The molecule has 1 aromatic carbocycles. The van der Waals surface area contributed by atoms with Crippen LogP contribution in [0, 0.1) is 17.3 Å². The molecular formula is C19H29N. The van der Waals surface area contributed by atoms with Gasteiger partial charge in [0.05, 0.1) is 0 Å². The van der Waals surface area contributed by atoms with Gasteiger partial charge in [0.15, 0.2) is 0 Å². The van der Waals surface area contributed by atoms with Crippen molar-refractivity contribution < 1.29 is 0 Å². The van der Waals surface area contributed by atoms with Gasteiger partial charge in [0.1, 0.15) is 0 Å². The van der Waals surface area contributed by atoms with Crippen LogP contribution in [0.4, 0.5) is 0 Å². The van der Waals surface area contributed by atoms with Crippen LogP contribution in [-0.2, 0) is 6.42 Å². The van der Waals surface area contributed by atoms with Crippen LogP contribution in [0.1, 0.15) is 51.0 Å². The molecule has 3 rings (SSSR count). The Morgan fingerprint density at radius 2 is 1.90 bits per heavy atom. The molecule has 1 N–H and O–H groups in total. The number of hydrogen-bond acceptors (Lipinski definition) is 1. The minimum Gasteiger partial charge on any atom is -0.316 e. The average Bonchev–Trinajstić information content (AvgIpc) is 3.08. The second-order valence-electron chi connectivity index (χ2n) is 7.18. The maximum Gasteiger partial charge on any atom is 0.000801 e. The molecule has 2 aliphatic rings. The third kappa shape index (κ3) is 3.44. The Bertz CT molecular complexity index is 401. The van der Waals surface area contributed by atoms with Gasteiger partial charge in [0, 0.05) is 6.54 Å². The van der Waals surface area contributed by atoms with Gasteiger partial charge < -0.3 is 5.32 Å². The standard InChI is InChI=1S/C19H29N/c1-2-11-20-15-19(13-17-12-18(17)14-19)10-6-9-16-7-4-3-5-8-16/h3-5,7-8,17-18,20H,2,6,9-15H2,1H3. The number of rotatable bonds is 8. The van der Waals surface area contributed by atoms with E-state index in [0.29, 0.717) is 5.41 Å². The highest BCUT2D eigenvalue weighted by atomic mass is 14.9. The maximum absolute atomic E-state index is 3.71. The number of benzene rings is 1. The zero-order chi connectivity index (χ0) is 13.8. The van der Waals surface area contributed by atoms with Crippen molar-refractivity contribution in [1.29, 1.82) is 0 Å². The lowest BCUT2D eigenvalue weighted by Gasteiger charge is -2.31. The first-order valence-electron chi connectivity index (χ1n) is 8.56. The lowest BCUT2D eigenvalue weighted by molar-refractivity contribution is 0.225. The van der Waals surface area contributed by atoms with Crippen molar-refractivity contribution >= 4 is 0 Å². The zero-order valence-corrected chi connectivity index (χ0v) is 12.9. The van der Waals surface area contributed by atoms with E-state index in [1.54, 1.807) is 0 Å². The minimum absolute atomic E-state index is 0.636. The monoisotopic (exact) mass is 271 g/mol. The van der Waals surface area contributed by atoms with Crippen molar-refractivity contribution in [2.45, 2.75) is 51.9 Å². The van der Waals surface area contributed by atoms with Gasteiger partial charge in [-0.3, -0.25) is 0 Å². The van der Waals surface area contributed by atoms with E-state index in [1.807, 2.05) is 0 Å². The van der Waals surface area contributed by atoms with E-state index in [0.717, 1.165) is 11.8 Å². The predicted octanol–water partition coefficient (Wildman–Crippen LogP) is 4.43. The van der Waals surface area contributed by atoms with E-state index in [4.69, 9.17) is 0 Å². The molecule has 0 saturated heterocycles. The van der Waals surface area contributed by atoms with Crippen molar-refractivity contribution in [1.82, 2.24) is 5.32 Å². The van der Waals surface area contributed by atoms with Crippen LogP contribution in [0.5, 0.6) is 0 Å². The molecule has 0 aromatic heterocycles. The van der Waals surface area contributed by atoms with E-state index in [-0.39, 0.29) is 0 Å². The molecule has 2 unspecified atom stereocenters. The summed E-state index contributed by atoms with van der Waals surface area (Å²) in [5.41, 5.74) is 2.14. The average molecular weight is 271 g/mol. The zero-order valence-electron chi connectivity index (χ0n) is 12.9. The van der Waals surface area contributed by atoms with Crippen molar-refractivity contribution in [3.63, 3.8) is 0 Å². The van der Waals surface area contributed by atoms with Crippen LogP contribution in [0.3, 0.4) is 0 Å². The molecule has 2 saturated carbocycles. The molecule has 0 amide bonds. The van der Waals surface area contributed by atoms with Gasteiger partial charge >= 0.3 is 0 Å². The summed E-state index contributed by atoms with van der Waals surface area (Å²) in [6.07, 6.45) is 9.84. The second kappa shape index (κ2) is 6.30. The van der Waals surface area contributed by atoms with Crippen LogP contribution in [0.25, 0.3) is 0 Å². The van der Waals surface area contributed by atoms with E-state index >= 15 is 0 Å². The number of hydrogen-bond donors (Lipinski definition) is 1. The first-order valence-corrected chi connectivity index (χ1v) is 8.56. The Morgan fingerprint density at radius 1 is 1.15 bits per heavy atom. The molecule has 0 bridgehead atoms. The molecular weight excluding hydrogens is 242 g/mol. The number of fused-ring (bicyclic) bond motifs is 1. The molecule has 0 spiro atoms. The summed E-state index contributed by atoms with van der Waals surface area (Å²) in [4.78, 5) is 0. The van der Waals surface area contributed by atoms with Crippen LogP contribution < -0.4 is 5.32 Å². The SMILES string of the molecule is CCCNCC1(CCCc2ccccc2)CC2CC2C1. The van der Waals surface area contributed by atoms with E-state index < -0.39 is 0 Å². The smallest absolute Gasteiger partial charge is 0.000801 e. The molecule has 20 heavy (non-hydrogen) atoms. The van der Waals surface area contributed by atoms with Crippen LogP contribution in [0.15, 0.2) is 30.3 Å². The molecule has 1 aromatic rings. The molecule has 0 heterocycles. The normalized spacial score (nSPS) is 31.2. The Hall–Kier alpha value is -0.820. The summed E-state index contributed by atoms with van der Waals surface area (Å²) in [5.74, 6) is 2.19. The summed E-state index contributed by atoms with van der Waals surface area (Å²) in [6.45, 7) is 4.72. The summed E-state index contributed by atoms with van der Waals surface area (Å²) < 4.78 is 0. The maximum atomic E-state index is 3.71. The van der Waals surface area contributed by atoms with Gasteiger partial charge in [-0.2, -0.15) is 0 Å². The van der Waals surface area contributed by atoms with Crippen molar-refractivity contribution in [2.24, 2.45) is 17.3 Å². The first-order chi connectivity index (χ1) is 9.81. The lowest BCUT2D eigenvalue weighted by Crippen LogP contribution is -2.34. The van der Waals surface area contributed by atoms with Crippen LogP contribution in [0.2, 0.25) is 0 Å². The highest BCUT2D eigenvalue weighted by Crippen LogP contribution is 2.61. The fourth-order valence-electron chi connectivity index (χ4n) is 4.29. The predicted molar refractivity (Wildman–Crippen MR) is 85.8 cm³/mol. The third-order valence-corrected chi connectivity index (χ3v) is 5.40. The molecule has 2 fully saturated rings. The number of aryl methyl sites for hydroxylation is 1. The van der Waals surface area contributed by atoms with E-state index in [9.17, 15) is 0 Å². The van der Waals surface area contributed by atoms with Crippen LogP contribution in [-0.4, -0.2) is 13.1 Å². The fourth-order valence-corrected chi connectivity index (χ4v) is 4.29. The van der Waals surface area contributed by atoms with E-state index in [1.165, 1.54) is 63.6 Å². The van der Waals surface area contributed by atoms with Gasteiger partial charge in [-0.25, -0.2) is 0 Å². The molecule has 2 atom stereocenters. The Morgan fingerprint density at radius 3 is 2.60 bits per heavy atom. The fraction of sp³-hybridized carbons (Fsp3) is 0.684. The van der Waals surface area contributed by atoms with Crippen molar-refractivity contribution in [2.75, 3.05) is 13.1 Å². The van der Waals surface area contributed by atoms with Gasteiger partial charge in [0.25, 0.3) is 0 Å². The lowest BCUT2D eigenvalue weighted by atomic mass is 9.78. The molecule has 0 radical (unpaired) electrons. The topological polar surface area (TPSA) is 12.0 Å². The molecule has 0 aliphatic heterocycles. The van der Waals surface area contributed by atoms with E-state index in [2.05, 4.69) is 42.6 Å². The minimum atomic E-state index is 0.636. The van der Waals surface area contributed by atoms with Crippen molar-refractivity contribution in [3.8, 4) is 0 Å². The van der Waals surface area contributed by atoms with Crippen LogP contribution >= 0.6 is 0 Å². The van der Waals surface area contributed by atoms with Gasteiger partial charge in [-0.15, -0.1) is 0 Å². The highest BCUT2D eigenvalue weighted by molar-refractivity contribution is 5.14. The Balaban J connectivity index is 1.49. The molecule has 2 aliphatic carbocycles. The quantitative estimate of drug-likeness (QED) is 0.690. The second-order valence-corrected chi connectivity index (χ2v) is 7.18. The largest absolute Gasteiger partial charge is 0.316 e. The summed E-state index contributed by atoms with van der Waals surface area (Å²) in [6, 6.07) is 11.0. The molecule has 110 valence electrons.